The molecule has 0 bridgehead atoms. The van der Waals surface area contributed by atoms with Gasteiger partial charge < -0.3 is 20.3 Å². The number of benzene rings is 2. The van der Waals surface area contributed by atoms with Crippen molar-refractivity contribution in [3.05, 3.63) is 65.2 Å². The molecule has 7 nitrogen and oxygen atoms in total. The third-order valence-electron chi connectivity index (χ3n) is 3.80. The minimum absolute atomic E-state index is 0.228. The van der Waals surface area contributed by atoms with Crippen LogP contribution in [0.4, 0.5) is 5.69 Å². The number of hydrogen-bond donors (Lipinski definition) is 2. The Kier molecular flexibility index (Phi) is 7.08. The second-order valence-electron chi connectivity index (χ2n) is 6.16. The molecule has 0 saturated heterocycles. The molecule has 2 aromatic carbocycles. The normalized spacial score (nSPS) is 10.4. The maximum absolute atomic E-state index is 12.4. The topological polar surface area (TPSA) is 87.7 Å². The molecule has 2 amide bonds. The molecule has 2 N–H and O–H groups in total. The SMILES string of the molecule is COC(=O)c1ccc(NC(=O)c2cccc(C(=O)NCCN(C)C)c2)cc1. The van der Waals surface area contributed by atoms with E-state index >= 15 is 0 Å². The van der Waals surface area contributed by atoms with Gasteiger partial charge in [0.1, 0.15) is 0 Å². The number of amides is 2. The third kappa shape index (κ3) is 5.93. The number of methoxy groups -OCH3 is 1. The van der Waals surface area contributed by atoms with Gasteiger partial charge in [0.2, 0.25) is 0 Å². The lowest BCUT2D eigenvalue weighted by Gasteiger charge is -2.11. The van der Waals surface area contributed by atoms with E-state index in [9.17, 15) is 14.4 Å². The Hall–Kier alpha value is -3.19. The van der Waals surface area contributed by atoms with Gasteiger partial charge in [0.05, 0.1) is 12.7 Å². The molecule has 7 heteroatoms. The summed E-state index contributed by atoms with van der Waals surface area (Å²) >= 11 is 0. The maximum atomic E-state index is 12.4. The lowest BCUT2D eigenvalue weighted by Crippen LogP contribution is -2.31. The molecule has 142 valence electrons. The van der Waals surface area contributed by atoms with E-state index in [1.54, 1.807) is 48.5 Å². The number of nitrogens with zero attached hydrogens (tertiary/aromatic N) is 1. The van der Waals surface area contributed by atoms with Gasteiger partial charge in [-0.25, -0.2) is 4.79 Å². The highest BCUT2D eigenvalue weighted by atomic mass is 16.5. The van der Waals surface area contributed by atoms with Crippen molar-refractivity contribution in [2.24, 2.45) is 0 Å². The van der Waals surface area contributed by atoms with E-state index in [4.69, 9.17) is 0 Å². The monoisotopic (exact) mass is 369 g/mol. The fraction of sp³-hybridized carbons (Fsp3) is 0.250. The van der Waals surface area contributed by atoms with Crippen molar-refractivity contribution in [3.8, 4) is 0 Å². The van der Waals surface area contributed by atoms with Crippen molar-refractivity contribution in [1.29, 1.82) is 0 Å². The van der Waals surface area contributed by atoms with Crippen LogP contribution in [0.2, 0.25) is 0 Å². The van der Waals surface area contributed by atoms with E-state index in [1.807, 2.05) is 19.0 Å². The minimum atomic E-state index is -0.444. The first-order valence-electron chi connectivity index (χ1n) is 8.43. The summed E-state index contributed by atoms with van der Waals surface area (Å²) in [5.74, 6) is -1.02. The van der Waals surface area contributed by atoms with E-state index in [0.29, 0.717) is 28.9 Å². The maximum Gasteiger partial charge on any atom is 0.337 e. The van der Waals surface area contributed by atoms with Crippen molar-refractivity contribution in [2.45, 2.75) is 0 Å². The first kappa shape index (κ1) is 20.1. The van der Waals surface area contributed by atoms with Crippen LogP contribution < -0.4 is 10.6 Å². The second-order valence-corrected chi connectivity index (χ2v) is 6.16. The first-order valence-corrected chi connectivity index (χ1v) is 8.43. The number of ether oxygens (including phenoxy) is 1. The number of anilines is 1. The van der Waals surface area contributed by atoms with Gasteiger partial charge in [-0.1, -0.05) is 6.07 Å². The Morgan fingerprint density at radius 1 is 0.926 bits per heavy atom. The van der Waals surface area contributed by atoms with E-state index in [0.717, 1.165) is 6.54 Å². The molecule has 0 heterocycles. The number of rotatable bonds is 7. The Bertz CT molecular complexity index is 816. The summed E-state index contributed by atoms with van der Waals surface area (Å²) in [5, 5.41) is 5.55. The molecule has 2 rings (SSSR count). The number of likely N-dealkylation sites (N-methyl/N-ethyl adjacent to an activating group) is 1. The van der Waals surface area contributed by atoms with E-state index in [-0.39, 0.29) is 11.8 Å². The summed E-state index contributed by atoms with van der Waals surface area (Å²) < 4.78 is 4.64. The van der Waals surface area contributed by atoms with Crippen LogP contribution in [0, 0.1) is 0 Å². The fourth-order valence-electron chi connectivity index (χ4n) is 2.31. The highest BCUT2D eigenvalue weighted by Gasteiger charge is 2.11. The van der Waals surface area contributed by atoms with Crippen molar-refractivity contribution in [1.82, 2.24) is 10.2 Å². The largest absolute Gasteiger partial charge is 0.465 e. The average molecular weight is 369 g/mol. The molecule has 0 aromatic heterocycles. The zero-order valence-corrected chi connectivity index (χ0v) is 15.6. The molecule has 0 spiro atoms. The van der Waals surface area contributed by atoms with Gasteiger partial charge in [-0.15, -0.1) is 0 Å². The molecule has 0 atom stereocenters. The molecule has 0 fully saturated rings. The second kappa shape index (κ2) is 9.49. The Morgan fingerprint density at radius 3 is 2.15 bits per heavy atom. The van der Waals surface area contributed by atoms with Crippen molar-refractivity contribution in [2.75, 3.05) is 39.6 Å². The molecule has 0 aliphatic carbocycles. The van der Waals surface area contributed by atoms with Gasteiger partial charge in [-0.2, -0.15) is 0 Å². The van der Waals surface area contributed by atoms with Crippen molar-refractivity contribution >= 4 is 23.5 Å². The predicted molar refractivity (Wildman–Crippen MR) is 103 cm³/mol. The first-order chi connectivity index (χ1) is 12.9. The number of hydrogen-bond acceptors (Lipinski definition) is 5. The molecule has 0 unspecified atom stereocenters. The van der Waals surface area contributed by atoms with Gasteiger partial charge in [0, 0.05) is 29.9 Å². The average Bonchev–Trinajstić information content (AvgIpc) is 2.67. The Balaban J connectivity index is 2.02. The van der Waals surface area contributed by atoms with Crippen molar-refractivity contribution in [3.63, 3.8) is 0 Å². The summed E-state index contributed by atoms with van der Waals surface area (Å²) in [5.41, 5.74) is 1.72. The predicted octanol–water partition coefficient (Wildman–Crippen LogP) is 2.02. The molecule has 0 radical (unpaired) electrons. The van der Waals surface area contributed by atoms with E-state index < -0.39 is 5.97 Å². The van der Waals surface area contributed by atoms with E-state index in [1.165, 1.54) is 7.11 Å². The van der Waals surface area contributed by atoms with Gasteiger partial charge in [0.25, 0.3) is 11.8 Å². The van der Waals surface area contributed by atoms with E-state index in [2.05, 4.69) is 15.4 Å². The number of nitrogens with one attached hydrogen (secondary N) is 2. The molecule has 0 aliphatic rings. The van der Waals surface area contributed by atoms with Gasteiger partial charge in [0.15, 0.2) is 0 Å². The van der Waals surface area contributed by atoms with Crippen molar-refractivity contribution < 1.29 is 19.1 Å². The molecule has 2 aromatic rings. The third-order valence-corrected chi connectivity index (χ3v) is 3.80. The molecule has 0 saturated carbocycles. The fourth-order valence-corrected chi connectivity index (χ4v) is 2.31. The summed E-state index contributed by atoms with van der Waals surface area (Å²) in [7, 11) is 5.16. The lowest BCUT2D eigenvalue weighted by atomic mass is 10.1. The van der Waals surface area contributed by atoms with Crippen LogP contribution in [0.5, 0.6) is 0 Å². The van der Waals surface area contributed by atoms with Crippen LogP contribution in [0.15, 0.2) is 48.5 Å². The summed E-state index contributed by atoms with van der Waals surface area (Å²) in [6, 6.07) is 12.9. The minimum Gasteiger partial charge on any atom is -0.465 e. The highest BCUT2D eigenvalue weighted by Crippen LogP contribution is 2.13. The number of carbonyl (C=O) groups excluding carboxylic acids is 3. The molecular formula is C20H23N3O4. The van der Waals surface area contributed by atoms with Gasteiger partial charge in [-0.3, -0.25) is 9.59 Å². The Morgan fingerprint density at radius 2 is 1.56 bits per heavy atom. The molecule has 0 aliphatic heterocycles. The summed E-state index contributed by atoms with van der Waals surface area (Å²) in [6.45, 7) is 1.25. The quantitative estimate of drug-likeness (QED) is 0.729. The van der Waals surface area contributed by atoms with Crippen LogP contribution in [0.3, 0.4) is 0 Å². The van der Waals surface area contributed by atoms with Gasteiger partial charge in [-0.05, 0) is 56.6 Å². The van der Waals surface area contributed by atoms with Crippen LogP contribution in [0.25, 0.3) is 0 Å². The molecular weight excluding hydrogens is 346 g/mol. The Labute approximate surface area is 158 Å². The number of carbonyl (C=O) groups is 3. The standard InChI is InChI=1S/C20H23N3O4/c1-23(2)12-11-21-18(24)15-5-4-6-16(13-15)19(25)22-17-9-7-14(8-10-17)20(26)27-3/h4-10,13H,11-12H2,1-3H3,(H,21,24)(H,22,25). The zero-order chi connectivity index (χ0) is 19.8. The van der Waals surface area contributed by atoms with Crippen LogP contribution in [0.1, 0.15) is 31.1 Å². The van der Waals surface area contributed by atoms with Crippen LogP contribution in [-0.4, -0.2) is 57.0 Å². The smallest absolute Gasteiger partial charge is 0.337 e. The lowest BCUT2D eigenvalue weighted by molar-refractivity contribution is 0.0600. The highest BCUT2D eigenvalue weighted by molar-refractivity contribution is 6.06. The van der Waals surface area contributed by atoms with Gasteiger partial charge >= 0.3 is 5.97 Å². The zero-order valence-electron chi connectivity index (χ0n) is 15.6. The van der Waals surface area contributed by atoms with Crippen LogP contribution in [-0.2, 0) is 4.74 Å². The number of esters is 1. The van der Waals surface area contributed by atoms with Crippen LogP contribution >= 0.6 is 0 Å². The molecule has 27 heavy (non-hydrogen) atoms. The summed E-state index contributed by atoms with van der Waals surface area (Å²) in [4.78, 5) is 38.0. The summed E-state index contributed by atoms with van der Waals surface area (Å²) in [6.07, 6.45) is 0.